The number of carbonyl (C=O) groups excluding carboxylic acids is 2. The van der Waals surface area contributed by atoms with Gasteiger partial charge in [-0.15, -0.1) is 0 Å². The largest absolute Gasteiger partial charge is 0.619 e. The third kappa shape index (κ3) is 3.84. The van der Waals surface area contributed by atoms with Gasteiger partial charge in [0.1, 0.15) is 13.2 Å². The lowest BCUT2D eigenvalue weighted by Crippen LogP contribution is -2.24. The number of esters is 2. The van der Waals surface area contributed by atoms with Gasteiger partial charge in [0.15, 0.2) is 23.9 Å². The minimum atomic E-state index is -0.447. The maximum atomic E-state index is 12.0. The predicted molar refractivity (Wildman–Crippen MR) is 105 cm³/mol. The van der Waals surface area contributed by atoms with Gasteiger partial charge >= 0.3 is 11.9 Å². The summed E-state index contributed by atoms with van der Waals surface area (Å²) in [4.78, 5) is 22.9. The summed E-state index contributed by atoms with van der Waals surface area (Å²) < 4.78 is 22.2. The highest BCUT2D eigenvalue weighted by molar-refractivity contribution is 6.01. The molecule has 154 valence electrons. The first-order chi connectivity index (χ1) is 14.4. The number of carbonyl (C=O) groups is 2. The molecule has 0 bridgehead atoms. The molecule has 0 aliphatic carbocycles. The normalized spacial score (nSPS) is 12.1. The zero-order valence-corrected chi connectivity index (χ0v) is 16.5. The van der Waals surface area contributed by atoms with E-state index in [2.05, 4.69) is 0 Å². The SMILES string of the molecule is CC(=O)OCc1cc2cc3c(cc2c(-c2ccc[n+]([O-])c2)c1COC(C)=O)OCO3. The average Bonchev–Trinajstić information content (AvgIpc) is 3.15. The molecule has 2 aromatic carbocycles. The Kier molecular flexibility index (Phi) is 5.14. The Bertz CT molecular complexity index is 1160. The molecule has 1 aromatic heterocycles. The lowest BCUT2D eigenvalue weighted by atomic mass is 9.90. The second-order valence-electron chi connectivity index (χ2n) is 6.83. The molecule has 0 saturated heterocycles. The van der Waals surface area contributed by atoms with Gasteiger partial charge < -0.3 is 24.2 Å². The highest BCUT2D eigenvalue weighted by Crippen LogP contribution is 2.42. The van der Waals surface area contributed by atoms with Gasteiger partial charge in [-0.3, -0.25) is 9.59 Å². The van der Waals surface area contributed by atoms with Crippen LogP contribution in [0.1, 0.15) is 25.0 Å². The van der Waals surface area contributed by atoms with E-state index in [0.717, 1.165) is 10.8 Å². The Hall–Kier alpha value is -3.81. The van der Waals surface area contributed by atoms with Crippen molar-refractivity contribution < 1.29 is 33.3 Å². The van der Waals surface area contributed by atoms with Gasteiger partial charge in [0.2, 0.25) is 6.79 Å². The van der Waals surface area contributed by atoms with E-state index in [4.69, 9.17) is 18.9 Å². The first kappa shape index (κ1) is 19.5. The van der Waals surface area contributed by atoms with Crippen LogP contribution in [0.5, 0.6) is 11.5 Å². The van der Waals surface area contributed by atoms with Gasteiger partial charge in [-0.1, -0.05) is 0 Å². The molecule has 0 spiro atoms. The van der Waals surface area contributed by atoms with Crippen molar-refractivity contribution >= 4 is 22.7 Å². The van der Waals surface area contributed by atoms with Crippen molar-refractivity contribution in [3.63, 3.8) is 0 Å². The van der Waals surface area contributed by atoms with Crippen LogP contribution in [0.4, 0.5) is 0 Å². The van der Waals surface area contributed by atoms with Crippen LogP contribution in [0.25, 0.3) is 21.9 Å². The number of benzene rings is 2. The van der Waals surface area contributed by atoms with E-state index in [1.807, 2.05) is 18.2 Å². The van der Waals surface area contributed by atoms with E-state index in [1.165, 1.54) is 26.2 Å². The fraction of sp³-hybridized carbons (Fsp3) is 0.227. The summed E-state index contributed by atoms with van der Waals surface area (Å²) >= 11 is 0. The van der Waals surface area contributed by atoms with Crippen LogP contribution in [-0.2, 0) is 32.3 Å². The van der Waals surface area contributed by atoms with Crippen molar-refractivity contribution in [3.05, 3.63) is 59.1 Å². The van der Waals surface area contributed by atoms with Crippen molar-refractivity contribution in [2.75, 3.05) is 6.79 Å². The Morgan fingerprint density at radius 2 is 1.77 bits per heavy atom. The van der Waals surface area contributed by atoms with E-state index in [0.29, 0.717) is 38.5 Å². The molecule has 0 atom stereocenters. The Morgan fingerprint density at radius 1 is 1.07 bits per heavy atom. The number of ether oxygens (including phenoxy) is 4. The van der Waals surface area contributed by atoms with Gasteiger partial charge in [-0.25, -0.2) is 0 Å². The lowest BCUT2D eigenvalue weighted by molar-refractivity contribution is -0.604. The van der Waals surface area contributed by atoms with E-state index in [-0.39, 0.29) is 20.0 Å². The molecule has 1 aliphatic rings. The molecule has 0 amide bonds. The summed E-state index contributed by atoms with van der Waals surface area (Å²) in [6, 6.07) is 8.96. The average molecular weight is 409 g/mol. The van der Waals surface area contributed by atoms with Crippen LogP contribution in [-0.4, -0.2) is 18.7 Å². The van der Waals surface area contributed by atoms with Crippen LogP contribution < -0.4 is 14.2 Å². The molecule has 3 aromatic rings. The number of aromatic nitrogens is 1. The summed E-state index contributed by atoms with van der Waals surface area (Å²) in [7, 11) is 0. The summed E-state index contributed by atoms with van der Waals surface area (Å²) in [5.41, 5.74) is 2.63. The summed E-state index contributed by atoms with van der Waals surface area (Å²) in [5, 5.41) is 13.6. The van der Waals surface area contributed by atoms with Gasteiger partial charge in [-0.2, -0.15) is 4.73 Å². The van der Waals surface area contributed by atoms with E-state index in [9.17, 15) is 14.8 Å². The number of pyridine rings is 1. The monoisotopic (exact) mass is 409 g/mol. The summed E-state index contributed by atoms with van der Waals surface area (Å²) in [5.74, 6) is 0.308. The van der Waals surface area contributed by atoms with Crippen LogP contribution in [0.15, 0.2) is 42.7 Å². The smallest absolute Gasteiger partial charge is 0.302 e. The first-order valence-corrected chi connectivity index (χ1v) is 9.26. The number of nitrogens with zero attached hydrogens (tertiary/aromatic N) is 1. The maximum Gasteiger partial charge on any atom is 0.302 e. The molecule has 2 heterocycles. The maximum absolute atomic E-state index is 12.0. The van der Waals surface area contributed by atoms with Crippen LogP contribution >= 0.6 is 0 Å². The number of rotatable bonds is 5. The molecular formula is C22H19NO7. The summed E-state index contributed by atoms with van der Waals surface area (Å²) in [6.07, 6.45) is 2.82. The molecule has 1 aliphatic heterocycles. The summed E-state index contributed by atoms with van der Waals surface area (Å²) in [6.45, 7) is 2.71. The highest BCUT2D eigenvalue weighted by atomic mass is 16.7. The zero-order valence-electron chi connectivity index (χ0n) is 16.5. The molecular weight excluding hydrogens is 390 g/mol. The van der Waals surface area contributed by atoms with E-state index in [1.54, 1.807) is 12.1 Å². The minimum absolute atomic E-state index is 0.00643. The van der Waals surface area contributed by atoms with Crippen molar-refractivity contribution in [1.29, 1.82) is 0 Å². The van der Waals surface area contributed by atoms with E-state index < -0.39 is 11.9 Å². The third-order valence-corrected chi connectivity index (χ3v) is 4.75. The molecule has 4 rings (SSSR count). The first-order valence-electron chi connectivity index (χ1n) is 9.26. The molecule has 0 radical (unpaired) electrons. The lowest BCUT2D eigenvalue weighted by Gasteiger charge is -2.18. The number of fused-ring (bicyclic) bond motifs is 2. The topological polar surface area (TPSA) is 98.0 Å². The number of hydrogen-bond acceptors (Lipinski definition) is 7. The van der Waals surface area contributed by atoms with Crippen molar-refractivity contribution in [1.82, 2.24) is 0 Å². The molecule has 0 saturated carbocycles. The van der Waals surface area contributed by atoms with Crippen molar-refractivity contribution in [2.45, 2.75) is 27.1 Å². The predicted octanol–water partition coefficient (Wildman–Crippen LogP) is 3.00. The van der Waals surface area contributed by atoms with Gasteiger partial charge in [0, 0.05) is 36.6 Å². The van der Waals surface area contributed by atoms with Crippen LogP contribution in [0.3, 0.4) is 0 Å². The zero-order chi connectivity index (χ0) is 21.3. The second kappa shape index (κ2) is 7.90. The Morgan fingerprint density at radius 3 is 2.47 bits per heavy atom. The number of hydrogen-bond donors (Lipinski definition) is 0. The molecule has 0 unspecified atom stereocenters. The molecule has 0 N–H and O–H groups in total. The van der Waals surface area contributed by atoms with Gasteiger partial charge in [0.05, 0.1) is 0 Å². The second-order valence-corrected chi connectivity index (χ2v) is 6.83. The standard InChI is InChI=1S/C22H19NO7/c1-13(24)27-10-17-6-16-7-20-21(30-12-29-20)8-18(16)22(19(17)11-28-14(2)25)15-4-3-5-23(26)9-15/h3-9H,10-12H2,1-2H3. The quantitative estimate of drug-likeness (QED) is 0.363. The van der Waals surface area contributed by atoms with Crippen molar-refractivity contribution in [2.24, 2.45) is 0 Å². The van der Waals surface area contributed by atoms with Crippen LogP contribution in [0, 0.1) is 5.21 Å². The van der Waals surface area contributed by atoms with Crippen molar-refractivity contribution in [3.8, 4) is 22.6 Å². The van der Waals surface area contributed by atoms with E-state index >= 15 is 0 Å². The molecule has 30 heavy (non-hydrogen) atoms. The molecule has 8 nitrogen and oxygen atoms in total. The Balaban J connectivity index is 2.00. The Labute approximate surface area is 172 Å². The fourth-order valence-corrected chi connectivity index (χ4v) is 3.47. The molecule has 0 fully saturated rings. The third-order valence-electron chi connectivity index (χ3n) is 4.75. The minimum Gasteiger partial charge on any atom is -0.619 e. The fourth-order valence-electron chi connectivity index (χ4n) is 3.47. The van der Waals surface area contributed by atoms with Crippen LogP contribution in [0.2, 0.25) is 0 Å². The molecule has 8 heteroatoms. The highest BCUT2D eigenvalue weighted by Gasteiger charge is 2.22. The van der Waals surface area contributed by atoms with Gasteiger partial charge in [-0.05, 0) is 40.6 Å². The van der Waals surface area contributed by atoms with Gasteiger partial charge in [0.25, 0.3) is 0 Å².